The Bertz CT molecular complexity index is 804. The van der Waals surface area contributed by atoms with E-state index in [1.54, 1.807) is 0 Å². The third-order valence-corrected chi connectivity index (χ3v) is 4.09. The van der Waals surface area contributed by atoms with Gasteiger partial charge in [-0.2, -0.15) is 0 Å². The maximum atomic E-state index is 12.2. The molecule has 2 amide bonds. The minimum atomic E-state index is -1.33. The molecule has 1 saturated heterocycles. The van der Waals surface area contributed by atoms with Gasteiger partial charge in [0.2, 0.25) is 5.75 Å². The molecule has 0 aliphatic carbocycles. The summed E-state index contributed by atoms with van der Waals surface area (Å²) in [4.78, 5) is 45.6. The molecule has 1 fully saturated rings. The second-order valence-corrected chi connectivity index (χ2v) is 5.68. The Morgan fingerprint density at radius 3 is 2.48 bits per heavy atom. The zero-order valence-electron chi connectivity index (χ0n) is 13.0. The van der Waals surface area contributed by atoms with Crippen LogP contribution in [0.25, 0.3) is 6.08 Å². The number of imide groups is 1. The number of nitrogens with zero attached hydrogens (tertiary/aromatic N) is 2. The molecule has 1 N–H and O–H groups in total. The number of nitro groups is 1. The largest absolute Gasteiger partial charge is 0.496 e. The molecule has 10 nitrogen and oxygen atoms in total. The van der Waals surface area contributed by atoms with Crippen LogP contribution in [0.4, 0.5) is 10.5 Å². The monoisotopic (exact) mass is 368 g/mol. The number of aliphatic carboxylic acids is 1. The Labute approximate surface area is 145 Å². The molecule has 1 heterocycles. The van der Waals surface area contributed by atoms with E-state index >= 15 is 0 Å². The summed E-state index contributed by atoms with van der Waals surface area (Å²) in [6.45, 7) is -0.762. The molecular formula is C14H12N2O8S. The fourth-order valence-electron chi connectivity index (χ4n) is 2.07. The highest BCUT2D eigenvalue weighted by Crippen LogP contribution is 2.38. The van der Waals surface area contributed by atoms with Crippen molar-refractivity contribution in [1.29, 1.82) is 0 Å². The summed E-state index contributed by atoms with van der Waals surface area (Å²) in [6, 6.07) is 2.42. The fourth-order valence-corrected chi connectivity index (χ4v) is 2.90. The number of hydrogen-bond acceptors (Lipinski definition) is 8. The van der Waals surface area contributed by atoms with Crippen LogP contribution in [0.5, 0.6) is 11.5 Å². The first-order chi connectivity index (χ1) is 11.8. The van der Waals surface area contributed by atoms with Gasteiger partial charge in [-0.15, -0.1) is 0 Å². The van der Waals surface area contributed by atoms with Crippen molar-refractivity contribution in [3.63, 3.8) is 0 Å². The van der Waals surface area contributed by atoms with Gasteiger partial charge in [0.15, 0.2) is 0 Å². The van der Waals surface area contributed by atoms with Crippen LogP contribution >= 0.6 is 11.8 Å². The molecule has 2 rings (SSSR count). The lowest BCUT2D eigenvalue weighted by Crippen LogP contribution is -2.33. The molecule has 0 saturated carbocycles. The van der Waals surface area contributed by atoms with Gasteiger partial charge in [-0.05, 0) is 17.8 Å². The summed E-state index contributed by atoms with van der Waals surface area (Å²) in [5.74, 6) is -1.97. The number of rotatable bonds is 6. The Kier molecular flexibility index (Phi) is 5.27. The molecule has 0 atom stereocenters. The number of methoxy groups -OCH3 is 2. The van der Waals surface area contributed by atoms with Gasteiger partial charge in [0.05, 0.1) is 24.0 Å². The van der Waals surface area contributed by atoms with Gasteiger partial charge in [-0.1, -0.05) is 0 Å². The number of benzene rings is 1. The molecular weight excluding hydrogens is 356 g/mol. The summed E-state index contributed by atoms with van der Waals surface area (Å²) >= 11 is 0.541. The highest BCUT2D eigenvalue weighted by molar-refractivity contribution is 8.18. The topological polar surface area (TPSA) is 136 Å². The summed E-state index contributed by atoms with van der Waals surface area (Å²) in [7, 11) is 2.59. The first kappa shape index (κ1) is 18.3. The van der Waals surface area contributed by atoms with E-state index in [0.717, 1.165) is 6.07 Å². The van der Waals surface area contributed by atoms with Gasteiger partial charge in [-0.3, -0.25) is 29.4 Å². The highest BCUT2D eigenvalue weighted by atomic mass is 32.2. The van der Waals surface area contributed by atoms with Crippen LogP contribution in [0.3, 0.4) is 0 Å². The van der Waals surface area contributed by atoms with Gasteiger partial charge in [0, 0.05) is 17.7 Å². The van der Waals surface area contributed by atoms with Crippen LogP contribution in [0, 0.1) is 10.1 Å². The van der Waals surface area contributed by atoms with Crippen molar-refractivity contribution in [2.45, 2.75) is 0 Å². The van der Waals surface area contributed by atoms with Crippen molar-refractivity contribution < 1.29 is 33.9 Å². The number of carbonyl (C=O) groups is 3. The minimum absolute atomic E-state index is 0.0296. The molecule has 25 heavy (non-hydrogen) atoms. The van der Waals surface area contributed by atoms with Gasteiger partial charge in [-0.25, -0.2) is 0 Å². The molecule has 1 aliphatic heterocycles. The van der Waals surface area contributed by atoms with Crippen molar-refractivity contribution in [1.82, 2.24) is 4.90 Å². The molecule has 1 aliphatic rings. The van der Waals surface area contributed by atoms with Crippen molar-refractivity contribution in [3.05, 3.63) is 32.7 Å². The molecule has 1 aromatic rings. The van der Waals surface area contributed by atoms with Gasteiger partial charge in [0.25, 0.3) is 11.1 Å². The number of thioether (sulfide) groups is 1. The summed E-state index contributed by atoms with van der Waals surface area (Å²) in [5.41, 5.74) is -0.171. The quantitative estimate of drug-likeness (QED) is 0.452. The normalized spacial score (nSPS) is 15.6. The summed E-state index contributed by atoms with van der Waals surface area (Å²) in [5, 5.41) is 19.1. The average molecular weight is 368 g/mol. The molecule has 0 unspecified atom stereocenters. The van der Waals surface area contributed by atoms with Gasteiger partial charge in [0.1, 0.15) is 12.3 Å². The van der Waals surface area contributed by atoms with Crippen LogP contribution in [0.15, 0.2) is 17.0 Å². The number of ether oxygens (including phenoxy) is 2. The second-order valence-electron chi connectivity index (χ2n) is 4.68. The third-order valence-electron chi connectivity index (χ3n) is 3.18. The lowest BCUT2D eigenvalue weighted by Gasteiger charge is -2.09. The second kappa shape index (κ2) is 7.21. The number of nitro benzene ring substituents is 1. The highest BCUT2D eigenvalue weighted by Gasteiger charge is 2.36. The average Bonchev–Trinajstić information content (AvgIpc) is 2.81. The van der Waals surface area contributed by atoms with Crippen LogP contribution in [-0.2, 0) is 9.59 Å². The van der Waals surface area contributed by atoms with E-state index in [0.29, 0.717) is 16.7 Å². The molecule has 0 aromatic heterocycles. The Morgan fingerprint density at radius 1 is 1.32 bits per heavy atom. The molecule has 132 valence electrons. The van der Waals surface area contributed by atoms with E-state index in [1.807, 2.05) is 0 Å². The van der Waals surface area contributed by atoms with Crippen molar-refractivity contribution in [2.75, 3.05) is 20.8 Å². The lowest BCUT2D eigenvalue weighted by molar-refractivity contribution is -0.385. The van der Waals surface area contributed by atoms with E-state index in [-0.39, 0.29) is 27.7 Å². The predicted molar refractivity (Wildman–Crippen MR) is 86.5 cm³/mol. The van der Waals surface area contributed by atoms with Crippen LogP contribution in [0.1, 0.15) is 5.56 Å². The van der Waals surface area contributed by atoms with E-state index in [1.165, 1.54) is 26.4 Å². The number of carboxylic acid groups (broad SMARTS) is 1. The van der Waals surface area contributed by atoms with E-state index < -0.39 is 28.6 Å². The first-order valence-corrected chi connectivity index (χ1v) is 7.47. The Balaban J connectivity index is 2.48. The van der Waals surface area contributed by atoms with Crippen LogP contribution in [0.2, 0.25) is 0 Å². The molecule has 0 spiro atoms. The first-order valence-electron chi connectivity index (χ1n) is 6.66. The zero-order valence-corrected chi connectivity index (χ0v) is 13.9. The fraction of sp³-hybridized carbons (Fsp3) is 0.214. The molecule has 0 radical (unpaired) electrons. The van der Waals surface area contributed by atoms with Gasteiger partial charge >= 0.3 is 11.7 Å². The smallest absolute Gasteiger partial charge is 0.323 e. The zero-order chi connectivity index (χ0) is 18.7. The van der Waals surface area contributed by atoms with Gasteiger partial charge < -0.3 is 14.6 Å². The van der Waals surface area contributed by atoms with Crippen molar-refractivity contribution in [2.24, 2.45) is 0 Å². The Morgan fingerprint density at radius 2 is 1.96 bits per heavy atom. The number of carbonyl (C=O) groups excluding carboxylic acids is 2. The van der Waals surface area contributed by atoms with Crippen LogP contribution in [-0.4, -0.2) is 52.8 Å². The molecule has 1 aromatic carbocycles. The number of amides is 2. The molecule has 0 bridgehead atoms. The van der Waals surface area contributed by atoms with E-state index in [9.17, 15) is 24.5 Å². The third kappa shape index (κ3) is 3.71. The SMILES string of the molecule is COc1cc(OC)c([N+](=O)[O-])cc1/C=C1/SC(=O)N(CC(=O)O)C1=O. The van der Waals surface area contributed by atoms with E-state index in [4.69, 9.17) is 14.6 Å². The van der Waals surface area contributed by atoms with Crippen molar-refractivity contribution in [3.8, 4) is 11.5 Å². The van der Waals surface area contributed by atoms with Crippen molar-refractivity contribution >= 4 is 40.6 Å². The summed E-state index contributed by atoms with van der Waals surface area (Å²) < 4.78 is 10.1. The number of carboxylic acids is 1. The van der Waals surface area contributed by atoms with Crippen LogP contribution < -0.4 is 9.47 Å². The minimum Gasteiger partial charge on any atom is -0.496 e. The maximum Gasteiger partial charge on any atom is 0.323 e. The molecule has 11 heteroatoms. The predicted octanol–water partition coefficient (Wildman–Crippen LogP) is 1.73. The maximum absolute atomic E-state index is 12.2. The summed E-state index contributed by atoms with van der Waals surface area (Å²) in [6.07, 6.45) is 1.23. The number of hydrogen-bond donors (Lipinski definition) is 1. The van der Waals surface area contributed by atoms with E-state index in [2.05, 4.69) is 0 Å². The standard InChI is InChI=1S/C14H12N2O8S/c1-23-9-5-10(24-2)8(16(21)22)3-7(9)4-11-13(19)15(6-12(17)18)14(20)25-11/h3-5H,6H2,1-2H3,(H,17,18)/b11-4+. The lowest BCUT2D eigenvalue weighted by atomic mass is 10.1. The Hall–Kier alpha value is -3.08.